The highest BCUT2D eigenvalue weighted by Crippen LogP contribution is 2.56. The molecule has 3 heteroatoms. The van der Waals surface area contributed by atoms with Crippen LogP contribution in [-0.4, -0.2) is 7.11 Å². The predicted molar refractivity (Wildman–Crippen MR) is 84.3 cm³/mol. The van der Waals surface area contributed by atoms with E-state index in [0.29, 0.717) is 16.9 Å². The van der Waals surface area contributed by atoms with Crippen LogP contribution < -0.4 is 4.74 Å². The van der Waals surface area contributed by atoms with Crippen LogP contribution in [0.3, 0.4) is 0 Å². The van der Waals surface area contributed by atoms with Crippen molar-refractivity contribution in [2.45, 2.75) is 32.6 Å². The fourth-order valence-electron chi connectivity index (χ4n) is 4.01. The highest BCUT2D eigenvalue weighted by Gasteiger charge is 2.46. The highest BCUT2D eigenvalue weighted by atomic mass is 19.1. The third-order valence-electron chi connectivity index (χ3n) is 5.04. The second kappa shape index (κ2) is 5.08. The van der Waals surface area contributed by atoms with Crippen molar-refractivity contribution in [1.29, 1.82) is 0 Å². The number of hydrogen-bond acceptors (Lipinski definition) is 1. The van der Waals surface area contributed by atoms with E-state index >= 15 is 0 Å². The molecule has 2 aromatic rings. The minimum absolute atomic E-state index is 0.200. The first-order valence-electron chi connectivity index (χ1n) is 7.64. The minimum atomic E-state index is -0.541. The van der Waals surface area contributed by atoms with Gasteiger partial charge in [0.15, 0.2) is 0 Å². The van der Waals surface area contributed by atoms with Gasteiger partial charge in [0, 0.05) is 17.0 Å². The lowest BCUT2D eigenvalue weighted by Crippen LogP contribution is -2.31. The Morgan fingerprint density at radius 3 is 2.41 bits per heavy atom. The van der Waals surface area contributed by atoms with E-state index < -0.39 is 17.0 Å². The lowest BCUT2D eigenvalue weighted by molar-refractivity contribution is 0.352. The van der Waals surface area contributed by atoms with Gasteiger partial charge in [-0.2, -0.15) is 0 Å². The summed E-state index contributed by atoms with van der Waals surface area (Å²) in [5.41, 5.74) is 2.79. The van der Waals surface area contributed by atoms with Crippen molar-refractivity contribution < 1.29 is 13.5 Å². The van der Waals surface area contributed by atoms with Crippen molar-refractivity contribution in [1.82, 2.24) is 0 Å². The second-order valence-electron chi connectivity index (χ2n) is 6.20. The molecule has 0 spiro atoms. The molecule has 1 atom stereocenters. The molecular formula is C19H20F2O. The van der Waals surface area contributed by atoms with Crippen LogP contribution in [0.4, 0.5) is 8.78 Å². The Bertz CT molecular complexity index is 736. The zero-order chi connectivity index (χ0) is 16.1. The molecule has 2 aromatic carbocycles. The number of halogens is 2. The lowest BCUT2D eigenvalue weighted by Gasteiger charge is -2.35. The Morgan fingerprint density at radius 2 is 1.82 bits per heavy atom. The zero-order valence-corrected chi connectivity index (χ0v) is 13.3. The van der Waals surface area contributed by atoms with Crippen molar-refractivity contribution in [3.05, 3.63) is 53.1 Å². The molecule has 0 radical (unpaired) electrons. The van der Waals surface area contributed by atoms with Crippen molar-refractivity contribution in [3.8, 4) is 16.9 Å². The van der Waals surface area contributed by atoms with Gasteiger partial charge in [-0.25, -0.2) is 8.78 Å². The first-order valence-corrected chi connectivity index (χ1v) is 7.64. The van der Waals surface area contributed by atoms with Crippen LogP contribution in [0.1, 0.15) is 38.3 Å². The molecule has 1 unspecified atom stereocenters. The van der Waals surface area contributed by atoms with Crippen molar-refractivity contribution in [3.63, 3.8) is 0 Å². The SMILES string of the molecule is CCC1(C(C)C)c2ccc(OC)cc2-c2cc(F)cc(F)c21. The summed E-state index contributed by atoms with van der Waals surface area (Å²) >= 11 is 0. The summed E-state index contributed by atoms with van der Waals surface area (Å²) in [4.78, 5) is 0. The van der Waals surface area contributed by atoms with Gasteiger partial charge in [0.25, 0.3) is 0 Å². The Balaban J connectivity index is 2.43. The van der Waals surface area contributed by atoms with E-state index in [2.05, 4.69) is 20.8 Å². The molecule has 116 valence electrons. The van der Waals surface area contributed by atoms with Gasteiger partial charge in [-0.05, 0) is 47.2 Å². The van der Waals surface area contributed by atoms with Gasteiger partial charge in [0.05, 0.1) is 7.11 Å². The molecular weight excluding hydrogens is 282 g/mol. The predicted octanol–water partition coefficient (Wildman–Crippen LogP) is 5.31. The Kier molecular flexibility index (Phi) is 3.47. The maximum absolute atomic E-state index is 14.7. The molecule has 1 aliphatic carbocycles. The summed E-state index contributed by atoms with van der Waals surface area (Å²) in [7, 11) is 1.60. The van der Waals surface area contributed by atoms with E-state index in [1.165, 1.54) is 6.07 Å². The van der Waals surface area contributed by atoms with Gasteiger partial charge in [-0.15, -0.1) is 0 Å². The number of methoxy groups -OCH3 is 1. The van der Waals surface area contributed by atoms with Crippen molar-refractivity contribution in [2.75, 3.05) is 7.11 Å². The molecule has 3 rings (SSSR count). The Morgan fingerprint density at radius 1 is 1.09 bits per heavy atom. The standard InChI is InChI=1S/C19H20F2O/c1-5-19(11(2)3)16-7-6-13(22-4)10-14(16)15-8-12(20)9-17(21)18(15)19/h6-11H,5H2,1-4H3. The summed E-state index contributed by atoms with van der Waals surface area (Å²) in [5.74, 6) is -0.0997. The van der Waals surface area contributed by atoms with Crippen LogP contribution >= 0.6 is 0 Å². The Hall–Kier alpha value is -1.90. The van der Waals surface area contributed by atoms with Gasteiger partial charge < -0.3 is 4.74 Å². The van der Waals surface area contributed by atoms with Crippen LogP contribution in [0.25, 0.3) is 11.1 Å². The molecule has 0 saturated carbocycles. The van der Waals surface area contributed by atoms with E-state index in [1.807, 2.05) is 18.2 Å². The third-order valence-corrected chi connectivity index (χ3v) is 5.04. The van der Waals surface area contributed by atoms with E-state index in [9.17, 15) is 8.78 Å². The summed E-state index contributed by atoms with van der Waals surface area (Å²) in [6.45, 7) is 6.25. The van der Waals surface area contributed by atoms with Crippen LogP contribution in [-0.2, 0) is 5.41 Å². The number of rotatable bonds is 3. The van der Waals surface area contributed by atoms with E-state index in [-0.39, 0.29) is 5.92 Å². The average molecular weight is 302 g/mol. The highest BCUT2D eigenvalue weighted by molar-refractivity contribution is 5.82. The molecule has 0 fully saturated rings. The van der Waals surface area contributed by atoms with Crippen LogP contribution in [0, 0.1) is 17.6 Å². The van der Waals surface area contributed by atoms with E-state index in [0.717, 1.165) is 23.6 Å². The second-order valence-corrected chi connectivity index (χ2v) is 6.20. The summed E-state index contributed by atoms with van der Waals surface area (Å²) in [5, 5.41) is 0. The largest absolute Gasteiger partial charge is 0.497 e. The topological polar surface area (TPSA) is 9.23 Å². The van der Waals surface area contributed by atoms with Crippen LogP contribution in [0.2, 0.25) is 0 Å². The summed E-state index contributed by atoms with van der Waals surface area (Å²) < 4.78 is 33.7. The Labute approximate surface area is 129 Å². The number of ether oxygens (including phenoxy) is 1. The fourth-order valence-corrected chi connectivity index (χ4v) is 4.01. The van der Waals surface area contributed by atoms with E-state index in [1.54, 1.807) is 7.11 Å². The average Bonchev–Trinajstić information content (AvgIpc) is 2.77. The molecule has 1 aliphatic rings. The van der Waals surface area contributed by atoms with Gasteiger partial charge in [-0.3, -0.25) is 0 Å². The van der Waals surface area contributed by atoms with E-state index in [4.69, 9.17) is 4.74 Å². The molecule has 0 heterocycles. The van der Waals surface area contributed by atoms with Gasteiger partial charge in [0.2, 0.25) is 0 Å². The summed E-state index contributed by atoms with van der Waals surface area (Å²) in [6.07, 6.45) is 0.763. The lowest BCUT2D eigenvalue weighted by atomic mass is 9.68. The monoisotopic (exact) mass is 302 g/mol. The van der Waals surface area contributed by atoms with Gasteiger partial charge in [-0.1, -0.05) is 26.8 Å². The number of benzene rings is 2. The molecule has 0 aromatic heterocycles. The summed E-state index contributed by atoms with van der Waals surface area (Å²) in [6, 6.07) is 8.21. The smallest absolute Gasteiger partial charge is 0.130 e. The normalized spacial score (nSPS) is 19.2. The first kappa shape index (κ1) is 15.0. The molecule has 0 amide bonds. The molecule has 0 bridgehead atoms. The van der Waals surface area contributed by atoms with Gasteiger partial charge >= 0.3 is 0 Å². The van der Waals surface area contributed by atoms with Crippen molar-refractivity contribution >= 4 is 0 Å². The maximum atomic E-state index is 14.7. The third kappa shape index (κ3) is 1.81. The van der Waals surface area contributed by atoms with Gasteiger partial charge in [0.1, 0.15) is 17.4 Å². The van der Waals surface area contributed by atoms with Crippen LogP contribution in [0.5, 0.6) is 5.75 Å². The quantitative estimate of drug-likeness (QED) is 0.747. The van der Waals surface area contributed by atoms with Crippen LogP contribution in [0.15, 0.2) is 30.3 Å². The van der Waals surface area contributed by atoms with Crippen molar-refractivity contribution in [2.24, 2.45) is 5.92 Å². The minimum Gasteiger partial charge on any atom is -0.497 e. The molecule has 0 saturated heterocycles. The first-order chi connectivity index (χ1) is 10.5. The molecule has 22 heavy (non-hydrogen) atoms. The number of hydrogen-bond donors (Lipinski definition) is 0. The fraction of sp³-hybridized carbons (Fsp3) is 0.368. The molecule has 0 N–H and O–H groups in total. The zero-order valence-electron chi connectivity index (χ0n) is 13.3. The maximum Gasteiger partial charge on any atom is 0.130 e. The molecule has 0 aliphatic heterocycles. The molecule has 1 nitrogen and oxygen atoms in total. The number of fused-ring (bicyclic) bond motifs is 3.